The van der Waals surface area contributed by atoms with Crippen LogP contribution in [0.1, 0.15) is 32.0 Å². The minimum atomic E-state index is -0.106. The van der Waals surface area contributed by atoms with Crippen molar-refractivity contribution in [1.29, 1.82) is 0 Å². The van der Waals surface area contributed by atoms with Crippen LogP contribution in [0.15, 0.2) is 48.8 Å². The number of hydrogen-bond acceptors (Lipinski definition) is 4. The Labute approximate surface area is 169 Å². The molecule has 0 saturated carbocycles. The number of rotatable bonds is 3. The zero-order valence-electron chi connectivity index (χ0n) is 16.6. The highest BCUT2D eigenvalue weighted by atomic mass is 16.2. The fourth-order valence-electron chi connectivity index (χ4n) is 3.43. The fraction of sp³-hybridized carbons (Fsp3) is 0.273. The molecule has 0 bridgehead atoms. The summed E-state index contributed by atoms with van der Waals surface area (Å²) in [6, 6.07) is 11.2. The van der Waals surface area contributed by atoms with Crippen molar-refractivity contribution < 1.29 is 9.59 Å². The van der Waals surface area contributed by atoms with E-state index in [0.29, 0.717) is 43.1 Å². The average molecular weight is 389 g/mol. The maximum Gasteiger partial charge on any atom is 0.272 e. The standard InChI is InChI=1S/C22H23N5O2/c1-15-5-6-17(12-16(15)2)21(28)26-8-10-27(11-9-26)22(29)20-13-19(24-25-20)18-4-3-7-23-14-18/h3-7,12-14H,8-11H2,1-2H3,(H,24,25). The first-order chi connectivity index (χ1) is 14.0. The Morgan fingerprint density at radius 3 is 2.31 bits per heavy atom. The second kappa shape index (κ2) is 7.87. The van der Waals surface area contributed by atoms with Crippen LogP contribution in [0.5, 0.6) is 0 Å². The molecular formula is C22H23N5O2. The zero-order valence-corrected chi connectivity index (χ0v) is 16.6. The van der Waals surface area contributed by atoms with Crippen molar-refractivity contribution in [3.05, 3.63) is 71.2 Å². The molecule has 7 heteroatoms. The lowest BCUT2D eigenvalue weighted by Gasteiger charge is -2.34. The van der Waals surface area contributed by atoms with Gasteiger partial charge in [-0.1, -0.05) is 6.07 Å². The van der Waals surface area contributed by atoms with Gasteiger partial charge in [-0.25, -0.2) is 0 Å². The fourth-order valence-corrected chi connectivity index (χ4v) is 3.43. The first kappa shape index (κ1) is 18.9. The van der Waals surface area contributed by atoms with E-state index in [1.165, 1.54) is 5.56 Å². The van der Waals surface area contributed by atoms with E-state index in [1.54, 1.807) is 23.4 Å². The zero-order chi connectivity index (χ0) is 20.4. The highest BCUT2D eigenvalue weighted by Crippen LogP contribution is 2.18. The van der Waals surface area contributed by atoms with Gasteiger partial charge in [0.15, 0.2) is 0 Å². The normalized spacial score (nSPS) is 14.1. The van der Waals surface area contributed by atoms with E-state index in [9.17, 15) is 9.59 Å². The Bertz CT molecular complexity index is 1040. The molecule has 1 aliphatic heterocycles. The van der Waals surface area contributed by atoms with Gasteiger partial charge in [0.25, 0.3) is 11.8 Å². The molecule has 4 rings (SSSR count). The number of pyridine rings is 1. The highest BCUT2D eigenvalue weighted by Gasteiger charge is 2.26. The number of nitrogens with one attached hydrogen (secondary N) is 1. The summed E-state index contributed by atoms with van der Waals surface area (Å²) in [6.45, 7) is 6.06. The van der Waals surface area contributed by atoms with E-state index in [1.807, 2.05) is 49.1 Å². The number of benzene rings is 1. The molecule has 0 spiro atoms. The molecule has 2 aromatic heterocycles. The first-order valence-corrected chi connectivity index (χ1v) is 9.64. The first-order valence-electron chi connectivity index (χ1n) is 9.64. The van der Waals surface area contributed by atoms with Gasteiger partial charge in [0, 0.05) is 49.7 Å². The van der Waals surface area contributed by atoms with Gasteiger partial charge >= 0.3 is 0 Å². The van der Waals surface area contributed by atoms with Gasteiger partial charge in [0.05, 0.1) is 5.69 Å². The third kappa shape index (κ3) is 3.89. The number of piperazine rings is 1. The number of carbonyl (C=O) groups excluding carboxylic acids is 2. The summed E-state index contributed by atoms with van der Waals surface area (Å²) in [5, 5.41) is 7.05. The van der Waals surface area contributed by atoms with Crippen LogP contribution in [0.25, 0.3) is 11.3 Å². The van der Waals surface area contributed by atoms with E-state index >= 15 is 0 Å². The number of H-pyrrole nitrogens is 1. The Kier molecular flexibility index (Phi) is 5.12. The lowest BCUT2D eigenvalue weighted by molar-refractivity contribution is 0.0532. The predicted octanol–water partition coefficient (Wildman–Crippen LogP) is 2.69. The lowest BCUT2D eigenvalue weighted by atomic mass is 10.1. The monoisotopic (exact) mass is 389 g/mol. The van der Waals surface area contributed by atoms with Crippen molar-refractivity contribution in [2.24, 2.45) is 0 Å². The van der Waals surface area contributed by atoms with Crippen LogP contribution in [-0.4, -0.2) is 63.0 Å². The predicted molar refractivity (Wildman–Crippen MR) is 110 cm³/mol. The second-order valence-electron chi connectivity index (χ2n) is 7.29. The minimum Gasteiger partial charge on any atom is -0.335 e. The molecular weight excluding hydrogens is 366 g/mol. The lowest BCUT2D eigenvalue weighted by Crippen LogP contribution is -2.50. The summed E-state index contributed by atoms with van der Waals surface area (Å²) in [7, 11) is 0. The van der Waals surface area contributed by atoms with Crippen molar-refractivity contribution in [3.8, 4) is 11.3 Å². The summed E-state index contributed by atoms with van der Waals surface area (Å²) in [5.41, 5.74) is 4.95. The molecule has 0 aliphatic carbocycles. The summed E-state index contributed by atoms with van der Waals surface area (Å²) in [4.78, 5) is 33.2. The molecule has 7 nitrogen and oxygen atoms in total. The van der Waals surface area contributed by atoms with Crippen LogP contribution in [0.2, 0.25) is 0 Å². The third-order valence-electron chi connectivity index (χ3n) is 5.37. The Morgan fingerprint density at radius 1 is 0.931 bits per heavy atom. The van der Waals surface area contributed by atoms with Gasteiger partial charge < -0.3 is 9.80 Å². The average Bonchev–Trinajstić information content (AvgIpc) is 3.26. The molecule has 29 heavy (non-hydrogen) atoms. The summed E-state index contributed by atoms with van der Waals surface area (Å²) in [5.74, 6) is -0.0912. The van der Waals surface area contributed by atoms with Crippen LogP contribution in [0, 0.1) is 13.8 Å². The van der Waals surface area contributed by atoms with Crippen LogP contribution < -0.4 is 0 Å². The highest BCUT2D eigenvalue weighted by molar-refractivity contribution is 5.95. The van der Waals surface area contributed by atoms with Crippen molar-refractivity contribution in [2.45, 2.75) is 13.8 Å². The van der Waals surface area contributed by atoms with Crippen molar-refractivity contribution in [1.82, 2.24) is 25.0 Å². The maximum absolute atomic E-state index is 12.8. The maximum atomic E-state index is 12.8. The van der Waals surface area contributed by atoms with Crippen LogP contribution >= 0.6 is 0 Å². The van der Waals surface area contributed by atoms with Gasteiger partial charge in [0.1, 0.15) is 5.69 Å². The molecule has 3 aromatic rings. The third-order valence-corrected chi connectivity index (χ3v) is 5.37. The molecule has 1 fully saturated rings. The number of amides is 2. The number of hydrogen-bond donors (Lipinski definition) is 1. The second-order valence-corrected chi connectivity index (χ2v) is 7.29. The van der Waals surface area contributed by atoms with Gasteiger partial charge in [-0.15, -0.1) is 0 Å². The van der Waals surface area contributed by atoms with Crippen LogP contribution in [0.4, 0.5) is 0 Å². The SMILES string of the molecule is Cc1ccc(C(=O)N2CCN(C(=O)c3cc(-c4cccnc4)n[nH]3)CC2)cc1C. The van der Waals surface area contributed by atoms with Crippen LogP contribution in [-0.2, 0) is 0 Å². The van der Waals surface area contributed by atoms with Gasteiger partial charge in [0.2, 0.25) is 0 Å². The van der Waals surface area contributed by atoms with E-state index in [-0.39, 0.29) is 11.8 Å². The molecule has 2 amide bonds. The molecule has 1 aromatic carbocycles. The molecule has 0 unspecified atom stereocenters. The summed E-state index contributed by atoms with van der Waals surface area (Å²) in [6.07, 6.45) is 3.41. The topological polar surface area (TPSA) is 82.2 Å². The van der Waals surface area contributed by atoms with E-state index in [0.717, 1.165) is 11.1 Å². The number of aryl methyl sites for hydroxylation is 2. The molecule has 1 N–H and O–H groups in total. The van der Waals surface area contributed by atoms with Gasteiger partial charge in [-0.2, -0.15) is 5.10 Å². The van der Waals surface area contributed by atoms with Gasteiger partial charge in [-0.3, -0.25) is 19.7 Å². The molecule has 0 atom stereocenters. The number of nitrogens with zero attached hydrogens (tertiary/aromatic N) is 4. The molecule has 148 valence electrons. The van der Waals surface area contributed by atoms with E-state index < -0.39 is 0 Å². The molecule has 1 aliphatic rings. The molecule has 0 radical (unpaired) electrons. The van der Waals surface area contributed by atoms with Crippen molar-refractivity contribution >= 4 is 11.8 Å². The Morgan fingerprint density at radius 2 is 1.66 bits per heavy atom. The number of carbonyl (C=O) groups is 2. The largest absolute Gasteiger partial charge is 0.335 e. The van der Waals surface area contributed by atoms with Crippen molar-refractivity contribution in [3.63, 3.8) is 0 Å². The molecule has 3 heterocycles. The number of aromatic nitrogens is 3. The van der Waals surface area contributed by atoms with Crippen LogP contribution in [0.3, 0.4) is 0 Å². The van der Waals surface area contributed by atoms with E-state index in [2.05, 4.69) is 15.2 Å². The van der Waals surface area contributed by atoms with Gasteiger partial charge in [-0.05, 0) is 55.3 Å². The quantitative estimate of drug-likeness (QED) is 0.747. The Balaban J connectivity index is 1.39. The smallest absolute Gasteiger partial charge is 0.272 e. The number of aromatic amines is 1. The molecule has 1 saturated heterocycles. The summed E-state index contributed by atoms with van der Waals surface area (Å²) < 4.78 is 0. The summed E-state index contributed by atoms with van der Waals surface area (Å²) >= 11 is 0. The van der Waals surface area contributed by atoms with E-state index in [4.69, 9.17) is 0 Å². The minimum absolute atomic E-state index is 0.0144. The Hall–Kier alpha value is -3.48. The van der Waals surface area contributed by atoms with Crippen molar-refractivity contribution in [2.75, 3.05) is 26.2 Å².